The molecule has 0 aliphatic carbocycles. The van der Waals surface area contributed by atoms with E-state index in [1.165, 1.54) is 25.4 Å². The summed E-state index contributed by atoms with van der Waals surface area (Å²) in [6.07, 6.45) is 9.93. The van der Waals surface area contributed by atoms with Crippen LogP contribution in [-0.2, 0) is 66.2 Å². The maximum absolute atomic E-state index is 13.6. The van der Waals surface area contributed by atoms with Gasteiger partial charge in [0.25, 0.3) is 38.0 Å². The van der Waals surface area contributed by atoms with Crippen molar-refractivity contribution in [3.63, 3.8) is 0 Å². The summed E-state index contributed by atoms with van der Waals surface area (Å²) in [6, 6.07) is 5.91. The zero-order chi connectivity index (χ0) is 45.3. The molecular weight excluding hydrogens is 862 g/mol. The molecule has 1 aromatic carbocycles. The molecule has 0 atom stereocenters. The maximum atomic E-state index is 13.6. The van der Waals surface area contributed by atoms with Crippen molar-refractivity contribution in [2.24, 2.45) is 4.99 Å². The molecule has 3 aliphatic rings. The van der Waals surface area contributed by atoms with Gasteiger partial charge in [0.05, 0.1) is 39.9 Å². The number of aliphatic imine (C=N–C) groups is 1. The average molecular weight is 909 g/mol. The fourth-order valence-electron chi connectivity index (χ4n) is 7.09. The van der Waals surface area contributed by atoms with Crippen LogP contribution in [0.5, 0.6) is 0 Å². The SMILES string of the molecule is CN(OCC(=O)ON1C(=O)CCC1=O)C(=O)c1cc2c([n+](CCCS(=O)(=O)O)c1)N=C(/C=C/C=C/C=C1/N(CCCS(=O)(=O)O)c3ccc(P(=O)(O)O)cc3C1(C)C)C2(C)C. The Balaban J connectivity index is 1.38. The molecule has 2 aromatic rings. The Bertz CT molecular complexity index is 2530. The van der Waals surface area contributed by atoms with E-state index in [9.17, 15) is 59.5 Å². The molecular formula is C38H47N5O15PS2+. The minimum Gasteiger partial charge on any atom is -0.344 e. The predicted octanol–water partition coefficient (Wildman–Crippen LogP) is 2.10. The number of imide groups is 1. The van der Waals surface area contributed by atoms with Crippen LogP contribution in [-0.4, -0.2) is 107 Å². The van der Waals surface area contributed by atoms with Crippen LogP contribution in [0.2, 0.25) is 0 Å². The van der Waals surface area contributed by atoms with Gasteiger partial charge in [-0.05, 0) is 67.2 Å². The number of fused-ring (bicyclic) bond motifs is 2. The minimum absolute atomic E-state index is 0.0244. The lowest BCUT2D eigenvalue weighted by Gasteiger charge is -2.27. The van der Waals surface area contributed by atoms with Gasteiger partial charge < -0.3 is 19.5 Å². The van der Waals surface area contributed by atoms with Gasteiger partial charge in [-0.3, -0.25) is 32.9 Å². The molecule has 330 valence electrons. The monoisotopic (exact) mass is 908 g/mol. The second-order valence-corrected chi connectivity index (χ2v) is 20.2. The summed E-state index contributed by atoms with van der Waals surface area (Å²) in [5.74, 6) is -3.83. The summed E-state index contributed by atoms with van der Waals surface area (Å²) in [4.78, 5) is 85.8. The number of amides is 3. The van der Waals surface area contributed by atoms with E-state index in [-0.39, 0.29) is 49.6 Å². The average Bonchev–Trinajstić information content (AvgIpc) is 3.68. The topological polar surface area (TPSA) is 279 Å². The number of pyridine rings is 1. The Morgan fingerprint density at radius 2 is 1.57 bits per heavy atom. The van der Waals surface area contributed by atoms with Gasteiger partial charge in [0, 0.05) is 49.7 Å². The lowest BCUT2D eigenvalue weighted by atomic mass is 9.81. The molecule has 4 heterocycles. The fourth-order valence-corrected chi connectivity index (χ4v) is 8.65. The Kier molecular flexibility index (Phi) is 13.8. The number of nitrogens with zero attached hydrogens (tertiary/aromatic N) is 5. The van der Waals surface area contributed by atoms with Crippen molar-refractivity contribution >= 4 is 74.0 Å². The predicted molar refractivity (Wildman–Crippen MR) is 219 cm³/mol. The third kappa shape index (κ3) is 11.1. The van der Waals surface area contributed by atoms with Crippen LogP contribution >= 0.6 is 7.60 Å². The molecule has 61 heavy (non-hydrogen) atoms. The van der Waals surface area contributed by atoms with E-state index in [1.807, 2.05) is 32.6 Å². The van der Waals surface area contributed by atoms with Crippen LogP contribution in [0.4, 0.5) is 11.5 Å². The molecule has 0 radical (unpaired) electrons. The Morgan fingerprint density at radius 3 is 2.20 bits per heavy atom. The summed E-state index contributed by atoms with van der Waals surface area (Å²) in [5, 5.41) is 0.948. The Hall–Kier alpha value is -4.93. The molecule has 23 heteroatoms. The largest absolute Gasteiger partial charge is 0.361 e. The minimum atomic E-state index is -4.58. The van der Waals surface area contributed by atoms with Crippen molar-refractivity contribution in [1.82, 2.24) is 10.1 Å². The van der Waals surface area contributed by atoms with Crippen molar-refractivity contribution in [1.29, 1.82) is 0 Å². The summed E-state index contributed by atoms with van der Waals surface area (Å²) < 4.78 is 78.4. The highest BCUT2D eigenvalue weighted by Crippen LogP contribution is 2.49. The number of carbonyl (C=O) groups excluding carboxylic acids is 4. The molecule has 20 nitrogen and oxygen atoms in total. The highest BCUT2D eigenvalue weighted by molar-refractivity contribution is 7.86. The van der Waals surface area contributed by atoms with Gasteiger partial charge in [-0.25, -0.2) is 14.4 Å². The third-order valence-electron chi connectivity index (χ3n) is 10.3. The van der Waals surface area contributed by atoms with Gasteiger partial charge >= 0.3 is 19.4 Å². The van der Waals surface area contributed by atoms with Gasteiger partial charge in [0.15, 0.2) is 12.3 Å². The lowest BCUT2D eigenvalue weighted by molar-refractivity contribution is -0.684. The van der Waals surface area contributed by atoms with E-state index < -0.39 is 80.5 Å². The van der Waals surface area contributed by atoms with Gasteiger partial charge in [-0.15, -0.1) is 5.06 Å². The van der Waals surface area contributed by atoms with Crippen LogP contribution in [0.3, 0.4) is 0 Å². The Morgan fingerprint density at radius 1 is 0.934 bits per heavy atom. The standard InChI is InChI=1S/C38H46N5O15PS2/c1-37(2)28-21-25(36(47)40(5)57-24-34(46)58-43-32(44)15-16-33(43)45)23-41(17-9-19-60(51,52)53)35(28)39-30(37)11-7-6-8-12-31-38(3,4)27-22-26(59(48,49)50)13-14-29(27)42(31)18-10-20-61(54,55)56/h6-8,11-14,21-23H,9-10,15-20,24H2,1-5H3,(H3-,48,49,50,51,52,53,54,55,56)/p+1. The number of rotatable bonds is 17. The first-order valence-corrected chi connectivity index (χ1v) is 23.6. The van der Waals surface area contributed by atoms with Crippen LogP contribution in [0.1, 0.15) is 74.9 Å². The van der Waals surface area contributed by atoms with Crippen molar-refractivity contribution in [2.75, 3.05) is 36.6 Å². The van der Waals surface area contributed by atoms with E-state index in [1.54, 1.807) is 47.1 Å². The molecule has 0 unspecified atom stereocenters. The first kappa shape index (κ1) is 47.1. The van der Waals surface area contributed by atoms with Gasteiger partial charge in [0.1, 0.15) is 6.20 Å². The molecule has 0 bridgehead atoms. The second kappa shape index (κ2) is 17.8. The smallest absolute Gasteiger partial charge is 0.344 e. The molecule has 1 saturated heterocycles. The third-order valence-corrected chi connectivity index (χ3v) is 12.8. The number of hydroxylamine groups is 4. The first-order valence-electron chi connectivity index (χ1n) is 18.8. The van der Waals surface area contributed by atoms with Gasteiger partial charge in [-0.1, -0.05) is 32.1 Å². The highest BCUT2D eigenvalue weighted by atomic mass is 32.2. The molecule has 3 aliphatic heterocycles. The van der Waals surface area contributed by atoms with Crippen LogP contribution < -0.4 is 14.8 Å². The van der Waals surface area contributed by atoms with Gasteiger partial charge in [-0.2, -0.15) is 16.8 Å². The van der Waals surface area contributed by atoms with Crippen LogP contribution in [0, 0.1) is 0 Å². The molecule has 1 fully saturated rings. The molecule has 0 saturated carbocycles. The van der Waals surface area contributed by atoms with E-state index in [0.717, 1.165) is 5.06 Å². The zero-order valence-corrected chi connectivity index (χ0v) is 36.4. The molecule has 4 N–H and O–H groups in total. The number of allylic oxidation sites excluding steroid dienone is 6. The molecule has 0 spiro atoms. The molecule has 3 amide bonds. The summed E-state index contributed by atoms with van der Waals surface area (Å²) in [7, 11) is -11.9. The number of hydrogen-bond acceptors (Lipinski definition) is 13. The van der Waals surface area contributed by atoms with Crippen LogP contribution in [0.15, 0.2) is 71.5 Å². The van der Waals surface area contributed by atoms with E-state index in [2.05, 4.69) is 0 Å². The number of hydrogen-bond donors (Lipinski definition) is 4. The quantitative estimate of drug-likeness (QED) is 0.0442. The van der Waals surface area contributed by atoms with E-state index >= 15 is 0 Å². The van der Waals surface area contributed by atoms with Crippen LogP contribution in [0.25, 0.3) is 0 Å². The summed E-state index contributed by atoms with van der Waals surface area (Å²) in [6.45, 7) is 6.83. The Labute approximate surface area is 352 Å². The van der Waals surface area contributed by atoms with Gasteiger partial charge in [0.2, 0.25) is 0 Å². The first-order chi connectivity index (χ1) is 28.2. The van der Waals surface area contributed by atoms with E-state index in [0.29, 0.717) is 39.1 Å². The number of carbonyl (C=O) groups is 4. The lowest BCUT2D eigenvalue weighted by Crippen LogP contribution is -2.39. The van der Waals surface area contributed by atoms with Crippen molar-refractivity contribution in [2.45, 2.75) is 70.8 Å². The highest BCUT2D eigenvalue weighted by Gasteiger charge is 2.44. The number of anilines is 1. The second-order valence-electron chi connectivity index (χ2n) is 15.5. The number of aryl methyl sites for hydroxylation is 1. The van der Waals surface area contributed by atoms with Crippen molar-refractivity contribution in [3.05, 3.63) is 83.2 Å². The molecule has 1 aromatic heterocycles. The fraction of sp³-hybridized carbons (Fsp3) is 0.421. The summed E-state index contributed by atoms with van der Waals surface area (Å²) >= 11 is 0. The maximum Gasteiger partial charge on any atom is 0.361 e. The van der Waals surface area contributed by atoms with E-state index in [4.69, 9.17) is 14.7 Å². The zero-order valence-electron chi connectivity index (χ0n) is 33.9. The number of aromatic nitrogens is 1. The summed E-state index contributed by atoms with van der Waals surface area (Å²) in [5.41, 5.74) is 1.54. The van der Waals surface area contributed by atoms with Crippen molar-refractivity contribution in [3.8, 4) is 0 Å². The molecule has 5 rings (SSSR count). The number of benzene rings is 1. The normalized spacial score (nSPS) is 18.0. The van der Waals surface area contributed by atoms with Crippen molar-refractivity contribution < 1.29 is 73.7 Å².